The number of hydrogen-bond acceptors (Lipinski definition) is 4. The Hall–Kier alpha value is -2.19. The van der Waals surface area contributed by atoms with Gasteiger partial charge in [0.15, 0.2) is 0 Å². The number of aryl methyl sites for hydroxylation is 1. The van der Waals surface area contributed by atoms with Gasteiger partial charge in [-0.25, -0.2) is 0 Å². The van der Waals surface area contributed by atoms with E-state index < -0.39 is 0 Å². The Bertz CT molecular complexity index is 777. The third kappa shape index (κ3) is 4.21. The van der Waals surface area contributed by atoms with Crippen LogP contribution in [0.2, 0.25) is 0 Å². The van der Waals surface area contributed by atoms with E-state index in [1.165, 1.54) is 17.3 Å². The molecule has 1 heterocycles. The van der Waals surface area contributed by atoms with Gasteiger partial charge in [-0.2, -0.15) is 5.26 Å². The molecule has 1 aromatic carbocycles. The number of rotatable bonds is 4. The van der Waals surface area contributed by atoms with Crippen molar-refractivity contribution < 1.29 is 9.21 Å². The van der Waals surface area contributed by atoms with Crippen LogP contribution in [0.5, 0.6) is 0 Å². The van der Waals surface area contributed by atoms with Gasteiger partial charge < -0.3 is 4.42 Å². The average molecular weight is 342 g/mol. The van der Waals surface area contributed by atoms with Gasteiger partial charge in [0.2, 0.25) is 11.8 Å². The van der Waals surface area contributed by atoms with Crippen molar-refractivity contribution in [3.05, 3.63) is 46.7 Å². The molecule has 2 aromatic rings. The fourth-order valence-electron chi connectivity index (χ4n) is 2.21. The number of anilines is 1. The van der Waals surface area contributed by atoms with Crippen molar-refractivity contribution in [2.45, 2.75) is 44.9 Å². The molecule has 0 saturated carbocycles. The first kappa shape index (κ1) is 18.2. The number of amides is 1. The van der Waals surface area contributed by atoms with Crippen LogP contribution in [0.3, 0.4) is 0 Å². The van der Waals surface area contributed by atoms with Crippen LogP contribution in [0.15, 0.2) is 33.6 Å². The van der Waals surface area contributed by atoms with Crippen LogP contribution < -0.4 is 5.32 Å². The molecule has 0 aliphatic rings. The van der Waals surface area contributed by atoms with E-state index in [-0.39, 0.29) is 23.0 Å². The van der Waals surface area contributed by atoms with Crippen molar-refractivity contribution in [1.82, 2.24) is 0 Å². The van der Waals surface area contributed by atoms with E-state index in [2.05, 4.69) is 44.3 Å². The summed E-state index contributed by atoms with van der Waals surface area (Å²) >= 11 is 1.45. The Morgan fingerprint density at radius 1 is 1.25 bits per heavy atom. The summed E-state index contributed by atoms with van der Waals surface area (Å²) in [6.45, 7) is 10.1. The standard InChI is InChI=1S/C19H22N2O2S/c1-12-13(2)23-18(16(12)10-20)21-17(22)11-24-15-8-6-14(7-9-15)19(3,4)5/h6-9H,11H2,1-5H3,(H,21,22). The molecule has 0 spiro atoms. The molecule has 0 bridgehead atoms. The topological polar surface area (TPSA) is 66.0 Å². The minimum absolute atomic E-state index is 0.114. The normalized spacial score (nSPS) is 11.2. The molecule has 126 valence electrons. The Kier molecular flexibility index (Phi) is 5.40. The van der Waals surface area contributed by atoms with Crippen LogP contribution in [0.1, 0.15) is 43.2 Å². The molecule has 5 heteroatoms. The number of benzene rings is 1. The number of hydrogen-bond donors (Lipinski definition) is 1. The summed E-state index contributed by atoms with van der Waals surface area (Å²) in [7, 11) is 0. The second-order valence-corrected chi connectivity index (χ2v) is 7.76. The first-order chi connectivity index (χ1) is 11.2. The lowest BCUT2D eigenvalue weighted by molar-refractivity contribution is -0.113. The number of nitrogens with zero attached hydrogens (tertiary/aromatic N) is 1. The van der Waals surface area contributed by atoms with E-state index in [0.29, 0.717) is 11.3 Å². The van der Waals surface area contributed by atoms with Crippen LogP contribution in [-0.2, 0) is 10.2 Å². The smallest absolute Gasteiger partial charge is 0.237 e. The molecule has 0 saturated heterocycles. The number of carbonyl (C=O) groups excluding carboxylic acids is 1. The number of furan rings is 1. The van der Waals surface area contributed by atoms with Crippen LogP contribution in [-0.4, -0.2) is 11.7 Å². The van der Waals surface area contributed by atoms with Crippen molar-refractivity contribution in [1.29, 1.82) is 5.26 Å². The monoisotopic (exact) mass is 342 g/mol. The number of nitrogens with one attached hydrogen (secondary N) is 1. The Morgan fingerprint density at radius 2 is 1.88 bits per heavy atom. The Labute approximate surface area is 147 Å². The zero-order chi connectivity index (χ0) is 17.9. The molecule has 24 heavy (non-hydrogen) atoms. The highest BCUT2D eigenvalue weighted by molar-refractivity contribution is 8.00. The highest BCUT2D eigenvalue weighted by atomic mass is 32.2. The van der Waals surface area contributed by atoms with Crippen molar-refractivity contribution in [3.8, 4) is 6.07 Å². The summed E-state index contributed by atoms with van der Waals surface area (Å²) in [4.78, 5) is 13.1. The van der Waals surface area contributed by atoms with Gasteiger partial charge in [-0.05, 0) is 37.0 Å². The quantitative estimate of drug-likeness (QED) is 0.811. The van der Waals surface area contributed by atoms with E-state index in [9.17, 15) is 4.79 Å². The molecule has 1 N–H and O–H groups in total. The largest absolute Gasteiger partial charge is 0.444 e. The van der Waals surface area contributed by atoms with Gasteiger partial charge in [0.25, 0.3) is 0 Å². The first-order valence-corrected chi connectivity index (χ1v) is 8.74. The molecule has 0 aliphatic carbocycles. The van der Waals surface area contributed by atoms with E-state index >= 15 is 0 Å². The van der Waals surface area contributed by atoms with Crippen molar-refractivity contribution in [3.63, 3.8) is 0 Å². The second kappa shape index (κ2) is 7.14. The van der Waals surface area contributed by atoms with Crippen molar-refractivity contribution in [2.24, 2.45) is 0 Å². The minimum Gasteiger partial charge on any atom is -0.444 e. The van der Waals surface area contributed by atoms with Gasteiger partial charge in [0.05, 0.1) is 5.75 Å². The SMILES string of the molecule is Cc1oc(NC(=O)CSc2ccc(C(C)(C)C)cc2)c(C#N)c1C. The maximum Gasteiger partial charge on any atom is 0.237 e. The molecule has 0 radical (unpaired) electrons. The second-order valence-electron chi connectivity index (χ2n) is 6.71. The lowest BCUT2D eigenvalue weighted by atomic mass is 9.87. The zero-order valence-corrected chi connectivity index (χ0v) is 15.5. The van der Waals surface area contributed by atoms with Crippen LogP contribution in [0.25, 0.3) is 0 Å². The lowest BCUT2D eigenvalue weighted by Gasteiger charge is -2.19. The maximum atomic E-state index is 12.1. The van der Waals surface area contributed by atoms with Crippen LogP contribution in [0.4, 0.5) is 5.88 Å². The van der Waals surface area contributed by atoms with Crippen LogP contribution in [0, 0.1) is 25.2 Å². The molecular weight excluding hydrogens is 320 g/mol. The molecule has 4 nitrogen and oxygen atoms in total. The maximum absolute atomic E-state index is 12.1. The summed E-state index contributed by atoms with van der Waals surface area (Å²) in [5, 5.41) is 11.8. The fourth-order valence-corrected chi connectivity index (χ4v) is 2.91. The third-order valence-corrected chi connectivity index (χ3v) is 4.85. The number of carbonyl (C=O) groups is 1. The van der Waals surface area contributed by atoms with Gasteiger partial charge in [0.1, 0.15) is 17.4 Å². The molecule has 0 fully saturated rings. The van der Waals surface area contributed by atoms with Gasteiger partial charge in [-0.3, -0.25) is 10.1 Å². The molecule has 0 aliphatic heterocycles. The van der Waals surface area contributed by atoms with E-state index in [1.54, 1.807) is 13.8 Å². The zero-order valence-electron chi connectivity index (χ0n) is 14.7. The van der Waals surface area contributed by atoms with E-state index in [1.807, 2.05) is 12.1 Å². The lowest BCUT2D eigenvalue weighted by Crippen LogP contribution is -2.14. The average Bonchev–Trinajstić information content (AvgIpc) is 2.78. The number of thioether (sulfide) groups is 1. The summed E-state index contributed by atoms with van der Waals surface area (Å²) in [5.41, 5.74) is 2.53. The predicted octanol–water partition coefficient (Wildman–Crippen LogP) is 4.80. The summed E-state index contributed by atoms with van der Waals surface area (Å²) in [5.74, 6) is 0.956. The predicted molar refractivity (Wildman–Crippen MR) is 97.4 cm³/mol. The third-order valence-electron chi connectivity index (χ3n) is 3.84. The van der Waals surface area contributed by atoms with Gasteiger partial charge >= 0.3 is 0 Å². The van der Waals surface area contributed by atoms with Gasteiger partial charge in [0, 0.05) is 10.5 Å². The van der Waals surface area contributed by atoms with Crippen LogP contribution >= 0.6 is 11.8 Å². The van der Waals surface area contributed by atoms with Crippen molar-refractivity contribution in [2.75, 3.05) is 11.1 Å². The highest BCUT2D eigenvalue weighted by Crippen LogP contribution is 2.27. The first-order valence-electron chi connectivity index (χ1n) is 7.75. The van der Waals surface area contributed by atoms with E-state index in [4.69, 9.17) is 9.68 Å². The summed E-state index contributed by atoms with van der Waals surface area (Å²) in [6.07, 6.45) is 0. The molecule has 2 rings (SSSR count). The summed E-state index contributed by atoms with van der Waals surface area (Å²) in [6, 6.07) is 10.3. The Morgan fingerprint density at radius 3 is 2.42 bits per heavy atom. The highest BCUT2D eigenvalue weighted by Gasteiger charge is 2.17. The van der Waals surface area contributed by atoms with Gasteiger partial charge in [-0.15, -0.1) is 11.8 Å². The molecule has 1 aromatic heterocycles. The molecular formula is C19H22N2O2S. The minimum atomic E-state index is -0.190. The molecule has 0 atom stereocenters. The summed E-state index contributed by atoms with van der Waals surface area (Å²) < 4.78 is 5.45. The molecule has 1 amide bonds. The Balaban J connectivity index is 1.97. The number of nitriles is 1. The fraction of sp³-hybridized carbons (Fsp3) is 0.368. The van der Waals surface area contributed by atoms with Gasteiger partial charge in [-0.1, -0.05) is 32.9 Å². The van der Waals surface area contributed by atoms with Crippen molar-refractivity contribution >= 4 is 23.6 Å². The van der Waals surface area contributed by atoms with E-state index in [0.717, 1.165) is 10.5 Å². The molecule has 0 unspecified atom stereocenters.